The highest BCUT2D eigenvalue weighted by Crippen LogP contribution is 2.19. The van der Waals surface area contributed by atoms with Gasteiger partial charge in [-0.2, -0.15) is 0 Å². The normalized spacial score (nSPS) is 16.7. The first-order valence-corrected chi connectivity index (χ1v) is 5.94. The average Bonchev–Trinajstić information content (AvgIpc) is 2.33. The molecule has 0 aromatic heterocycles. The fourth-order valence-corrected chi connectivity index (χ4v) is 2.01. The zero-order valence-corrected chi connectivity index (χ0v) is 9.69. The lowest BCUT2D eigenvalue weighted by molar-refractivity contribution is -0.135. The molecule has 1 aliphatic rings. The van der Waals surface area contributed by atoms with Crippen LogP contribution in [0.15, 0.2) is 24.3 Å². The van der Waals surface area contributed by atoms with Crippen LogP contribution in [0.3, 0.4) is 0 Å². The molecule has 0 aliphatic carbocycles. The molecule has 1 heterocycles. The molecule has 0 bridgehead atoms. The number of benzene rings is 1. The molecule has 2 rings (SSSR count). The predicted octanol–water partition coefficient (Wildman–Crippen LogP) is 1.69. The van der Waals surface area contributed by atoms with Crippen LogP contribution in [0.5, 0.6) is 11.5 Å². The zero-order valence-electron chi connectivity index (χ0n) is 9.69. The Labute approximate surface area is 101 Å². The summed E-state index contributed by atoms with van der Waals surface area (Å²) in [7, 11) is 0. The maximum absolute atomic E-state index is 11.7. The Bertz CT molecular complexity index is 369. The van der Waals surface area contributed by atoms with Crippen LogP contribution in [0.2, 0.25) is 0 Å². The minimum atomic E-state index is -0.192. The summed E-state index contributed by atoms with van der Waals surface area (Å²) in [5.74, 6) is 0.897. The van der Waals surface area contributed by atoms with Crippen LogP contribution in [-0.2, 0) is 4.79 Å². The smallest absolute Gasteiger partial charge is 0.311 e. The van der Waals surface area contributed by atoms with E-state index in [2.05, 4.69) is 5.32 Å². The predicted molar refractivity (Wildman–Crippen MR) is 64.0 cm³/mol. The molecule has 2 N–H and O–H groups in total. The molecule has 4 heteroatoms. The third-order valence-corrected chi connectivity index (χ3v) is 2.98. The van der Waals surface area contributed by atoms with Gasteiger partial charge in [0, 0.05) is 6.42 Å². The fourth-order valence-electron chi connectivity index (χ4n) is 2.01. The third-order valence-electron chi connectivity index (χ3n) is 2.98. The Balaban J connectivity index is 1.82. The summed E-state index contributed by atoms with van der Waals surface area (Å²) in [6.07, 6.45) is 2.54. The van der Waals surface area contributed by atoms with E-state index in [9.17, 15) is 4.79 Å². The van der Waals surface area contributed by atoms with Crippen LogP contribution >= 0.6 is 0 Å². The van der Waals surface area contributed by atoms with E-state index in [0.29, 0.717) is 18.1 Å². The maximum Gasteiger partial charge on any atom is 0.311 e. The van der Waals surface area contributed by atoms with Crippen LogP contribution in [0.25, 0.3) is 0 Å². The number of esters is 1. The molecule has 0 unspecified atom stereocenters. The van der Waals surface area contributed by atoms with Crippen LogP contribution in [0, 0.1) is 5.92 Å². The summed E-state index contributed by atoms with van der Waals surface area (Å²) in [6.45, 7) is 1.97. The molecule has 92 valence electrons. The SMILES string of the molecule is O=C(CC1CCNCC1)Oc1ccc(O)cc1. The molecule has 1 aromatic carbocycles. The van der Waals surface area contributed by atoms with Crippen LogP contribution < -0.4 is 10.1 Å². The van der Waals surface area contributed by atoms with E-state index in [4.69, 9.17) is 9.84 Å². The number of hydrogen-bond donors (Lipinski definition) is 2. The Morgan fingerprint density at radius 3 is 2.59 bits per heavy atom. The molecule has 1 aliphatic heterocycles. The molecule has 0 amide bonds. The van der Waals surface area contributed by atoms with Crippen molar-refractivity contribution in [3.05, 3.63) is 24.3 Å². The number of hydrogen-bond acceptors (Lipinski definition) is 4. The highest BCUT2D eigenvalue weighted by atomic mass is 16.5. The summed E-state index contributed by atoms with van der Waals surface area (Å²) in [5, 5.41) is 12.4. The number of aromatic hydroxyl groups is 1. The summed E-state index contributed by atoms with van der Waals surface area (Å²) < 4.78 is 5.20. The van der Waals surface area contributed by atoms with Gasteiger partial charge < -0.3 is 15.2 Å². The minimum Gasteiger partial charge on any atom is -0.508 e. The van der Waals surface area contributed by atoms with Gasteiger partial charge in [0.1, 0.15) is 11.5 Å². The lowest BCUT2D eigenvalue weighted by Crippen LogP contribution is -2.29. The summed E-state index contributed by atoms with van der Waals surface area (Å²) >= 11 is 0. The molecule has 1 aromatic rings. The van der Waals surface area contributed by atoms with E-state index < -0.39 is 0 Å². The van der Waals surface area contributed by atoms with Gasteiger partial charge in [-0.25, -0.2) is 0 Å². The number of phenolic OH excluding ortho intramolecular Hbond substituents is 1. The van der Waals surface area contributed by atoms with Crippen molar-refractivity contribution in [3.63, 3.8) is 0 Å². The molecule has 0 atom stereocenters. The van der Waals surface area contributed by atoms with E-state index in [1.165, 1.54) is 12.1 Å². The van der Waals surface area contributed by atoms with E-state index in [0.717, 1.165) is 25.9 Å². The first-order chi connectivity index (χ1) is 8.24. The Morgan fingerprint density at radius 1 is 1.29 bits per heavy atom. The van der Waals surface area contributed by atoms with Gasteiger partial charge in [-0.05, 0) is 56.1 Å². The lowest BCUT2D eigenvalue weighted by Gasteiger charge is -2.21. The number of phenols is 1. The van der Waals surface area contributed by atoms with Crippen molar-refractivity contribution < 1.29 is 14.6 Å². The monoisotopic (exact) mass is 235 g/mol. The first-order valence-electron chi connectivity index (χ1n) is 5.94. The molecular formula is C13H17NO3. The molecule has 4 nitrogen and oxygen atoms in total. The average molecular weight is 235 g/mol. The Hall–Kier alpha value is -1.55. The molecular weight excluding hydrogens is 218 g/mol. The molecule has 1 fully saturated rings. The van der Waals surface area contributed by atoms with Crippen molar-refractivity contribution in [3.8, 4) is 11.5 Å². The van der Waals surface area contributed by atoms with Crippen LogP contribution in [0.1, 0.15) is 19.3 Å². The second-order valence-electron chi connectivity index (χ2n) is 4.37. The Morgan fingerprint density at radius 2 is 1.94 bits per heavy atom. The quantitative estimate of drug-likeness (QED) is 0.618. The van der Waals surface area contributed by atoms with Gasteiger partial charge >= 0.3 is 5.97 Å². The van der Waals surface area contributed by atoms with Gasteiger partial charge in [-0.3, -0.25) is 4.79 Å². The first kappa shape index (κ1) is 11.9. The van der Waals surface area contributed by atoms with Crippen molar-refractivity contribution in [2.45, 2.75) is 19.3 Å². The summed E-state index contributed by atoms with van der Waals surface area (Å²) in [5.41, 5.74) is 0. The fraction of sp³-hybridized carbons (Fsp3) is 0.462. The van der Waals surface area contributed by atoms with E-state index >= 15 is 0 Å². The van der Waals surface area contributed by atoms with E-state index in [-0.39, 0.29) is 11.7 Å². The van der Waals surface area contributed by atoms with Gasteiger partial charge in [0.25, 0.3) is 0 Å². The number of piperidine rings is 1. The topological polar surface area (TPSA) is 58.6 Å². The molecule has 17 heavy (non-hydrogen) atoms. The number of rotatable bonds is 3. The Kier molecular flexibility index (Phi) is 3.98. The van der Waals surface area contributed by atoms with Gasteiger partial charge in [0.15, 0.2) is 0 Å². The van der Waals surface area contributed by atoms with Crippen LogP contribution in [0.4, 0.5) is 0 Å². The standard InChI is InChI=1S/C13H17NO3/c15-11-1-3-12(4-2-11)17-13(16)9-10-5-7-14-8-6-10/h1-4,10,14-15H,5-9H2. The molecule has 1 saturated heterocycles. The number of carbonyl (C=O) groups excluding carboxylic acids is 1. The van der Waals surface area contributed by atoms with Crippen molar-refractivity contribution in [2.75, 3.05) is 13.1 Å². The van der Waals surface area contributed by atoms with Crippen LogP contribution in [-0.4, -0.2) is 24.2 Å². The third kappa shape index (κ3) is 3.75. The van der Waals surface area contributed by atoms with E-state index in [1.54, 1.807) is 12.1 Å². The molecule has 0 saturated carbocycles. The number of carbonyl (C=O) groups is 1. The maximum atomic E-state index is 11.7. The number of nitrogens with one attached hydrogen (secondary N) is 1. The lowest BCUT2D eigenvalue weighted by atomic mass is 9.95. The van der Waals surface area contributed by atoms with Crippen molar-refractivity contribution in [2.24, 2.45) is 5.92 Å². The molecule has 0 radical (unpaired) electrons. The highest BCUT2D eigenvalue weighted by molar-refractivity contribution is 5.72. The van der Waals surface area contributed by atoms with E-state index in [1.807, 2.05) is 0 Å². The van der Waals surface area contributed by atoms with Gasteiger partial charge in [0.05, 0.1) is 0 Å². The van der Waals surface area contributed by atoms with Crippen molar-refractivity contribution in [1.29, 1.82) is 0 Å². The second kappa shape index (κ2) is 5.68. The summed E-state index contributed by atoms with van der Waals surface area (Å²) in [6, 6.07) is 6.20. The second-order valence-corrected chi connectivity index (χ2v) is 4.37. The van der Waals surface area contributed by atoms with Crippen molar-refractivity contribution in [1.82, 2.24) is 5.32 Å². The van der Waals surface area contributed by atoms with Gasteiger partial charge in [-0.15, -0.1) is 0 Å². The highest BCUT2D eigenvalue weighted by Gasteiger charge is 2.17. The largest absolute Gasteiger partial charge is 0.508 e. The van der Waals surface area contributed by atoms with Gasteiger partial charge in [0.2, 0.25) is 0 Å². The minimum absolute atomic E-state index is 0.170. The van der Waals surface area contributed by atoms with Crippen molar-refractivity contribution >= 4 is 5.97 Å². The molecule has 0 spiro atoms. The zero-order chi connectivity index (χ0) is 12.1. The number of ether oxygens (including phenoxy) is 1. The van der Waals surface area contributed by atoms with Gasteiger partial charge in [-0.1, -0.05) is 0 Å². The summed E-state index contributed by atoms with van der Waals surface area (Å²) in [4.78, 5) is 11.7.